The van der Waals surface area contributed by atoms with Gasteiger partial charge in [0.2, 0.25) is 0 Å². The third-order valence-electron chi connectivity index (χ3n) is 2.51. The highest BCUT2D eigenvalue weighted by Crippen LogP contribution is 2.13. The van der Waals surface area contributed by atoms with Gasteiger partial charge in [0.25, 0.3) is 4.66 Å². The average molecular weight is 218 g/mol. The van der Waals surface area contributed by atoms with Crippen molar-refractivity contribution >= 4 is 0 Å². The molecule has 0 N–H and O–H groups in total. The van der Waals surface area contributed by atoms with Gasteiger partial charge in [-0.25, -0.2) is 0 Å². The Balaban J connectivity index is 2.78. The van der Waals surface area contributed by atoms with Crippen molar-refractivity contribution in [2.24, 2.45) is 14.1 Å². The summed E-state index contributed by atoms with van der Waals surface area (Å²) in [6.45, 7) is 0. The molecule has 0 aliphatic rings. The summed E-state index contributed by atoms with van der Waals surface area (Å²) in [5.41, 5.74) is 1.11. The van der Waals surface area contributed by atoms with Crippen LogP contribution in [0.3, 0.4) is 0 Å². The Hall–Kier alpha value is -2.17. The number of hydrogen-bond acceptors (Lipinski definition) is 2. The standard InChI is InChI=1S/C11H12N3O2/c1-12-10(9-6-4-3-5-7-9)8-11(15)13(2)14(12)16/h3-8H,1-2H3/q+1. The molecular weight excluding hydrogens is 206 g/mol. The predicted octanol–water partition coefficient (Wildman–Crippen LogP) is 0.305. The zero-order valence-electron chi connectivity index (χ0n) is 9.12. The van der Waals surface area contributed by atoms with Crippen molar-refractivity contribution in [3.63, 3.8) is 0 Å². The second-order valence-electron chi connectivity index (χ2n) is 3.53. The molecule has 0 unspecified atom stereocenters. The fraction of sp³-hybridized carbons (Fsp3) is 0.182. The first-order valence-electron chi connectivity index (χ1n) is 4.87. The minimum Gasteiger partial charge on any atom is -0.264 e. The summed E-state index contributed by atoms with van der Waals surface area (Å²) in [7, 11) is 3.05. The molecule has 0 spiro atoms. The van der Waals surface area contributed by atoms with Gasteiger partial charge >= 0.3 is 5.56 Å². The summed E-state index contributed by atoms with van der Waals surface area (Å²) in [5, 5.41) is 0. The van der Waals surface area contributed by atoms with E-state index < -0.39 is 0 Å². The van der Waals surface area contributed by atoms with Crippen molar-refractivity contribution in [3.8, 4) is 11.3 Å². The zero-order chi connectivity index (χ0) is 11.7. The van der Waals surface area contributed by atoms with Crippen LogP contribution in [0.5, 0.6) is 0 Å². The molecule has 0 radical (unpaired) electrons. The Morgan fingerprint density at radius 3 is 2.31 bits per heavy atom. The van der Waals surface area contributed by atoms with Gasteiger partial charge in [-0.05, 0) is 4.68 Å². The first-order valence-corrected chi connectivity index (χ1v) is 4.87. The Morgan fingerprint density at radius 2 is 1.69 bits per heavy atom. The molecular formula is C11H12N3O2+. The van der Waals surface area contributed by atoms with Gasteiger partial charge in [0.1, 0.15) is 5.69 Å². The van der Waals surface area contributed by atoms with Crippen molar-refractivity contribution < 1.29 is 4.66 Å². The largest absolute Gasteiger partial charge is 0.310 e. The van der Waals surface area contributed by atoms with Gasteiger partial charge in [-0.1, -0.05) is 35.0 Å². The number of aromatic nitrogens is 3. The molecule has 0 aliphatic heterocycles. The summed E-state index contributed by atoms with van der Waals surface area (Å²) in [5.74, 6) is 0. The lowest BCUT2D eigenvalue weighted by Gasteiger charge is -2.01. The van der Waals surface area contributed by atoms with Crippen LogP contribution in [0.1, 0.15) is 0 Å². The smallest absolute Gasteiger partial charge is 0.264 e. The van der Waals surface area contributed by atoms with Crippen LogP contribution in [-0.4, -0.2) is 9.36 Å². The van der Waals surface area contributed by atoms with Crippen molar-refractivity contribution in [1.82, 2.24) is 9.36 Å². The van der Waals surface area contributed by atoms with Crippen LogP contribution in [0.15, 0.2) is 41.2 Å². The third-order valence-corrected chi connectivity index (χ3v) is 2.51. The van der Waals surface area contributed by atoms with E-state index >= 15 is 0 Å². The van der Waals surface area contributed by atoms with E-state index in [2.05, 4.69) is 0 Å². The van der Waals surface area contributed by atoms with Crippen molar-refractivity contribution in [1.29, 1.82) is 0 Å². The van der Waals surface area contributed by atoms with Gasteiger partial charge in [-0.3, -0.25) is 4.79 Å². The van der Waals surface area contributed by atoms with Crippen LogP contribution in [0, 0.1) is 4.91 Å². The van der Waals surface area contributed by atoms with Crippen LogP contribution in [0.25, 0.3) is 11.3 Å². The molecule has 2 rings (SSSR count). The summed E-state index contributed by atoms with van der Waals surface area (Å²) < 4.78 is 2.92. The number of rotatable bonds is 1. The molecule has 5 nitrogen and oxygen atoms in total. The van der Waals surface area contributed by atoms with Crippen LogP contribution in [-0.2, 0) is 14.1 Å². The number of benzene rings is 1. The lowest BCUT2D eigenvalue weighted by molar-refractivity contribution is -0.683. The Bertz CT molecular complexity index is 626. The van der Waals surface area contributed by atoms with Crippen LogP contribution in [0.2, 0.25) is 0 Å². The number of hydrogen-bond donors (Lipinski definition) is 0. The minimum absolute atomic E-state index is 0.327. The molecule has 0 bridgehead atoms. The molecule has 1 aromatic carbocycles. The molecule has 1 heterocycles. The Kier molecular flexibility index (Phi) is 2.44. The second kappa shape index (κ2) is 3.77. The topological polar surface area (TPSA) is 49.9 Å². The molecule has 0 saturated carbocycles. The monoisotopic (exact) mass is 218 g/mol. The third kappa shape index (κ3) is 1.56. The SMILES string of the molecule is Cn1c(-c2ccccc2)cc(=O)n(C)[n+]1=O. The van der Waals surface area contributed by atoms with Crippen LogP contribution >= 0.6 is 0 Å². The van der Waals surface area contributed by atoms with Gasteiger partial charge in [-0.2, -0.15) is 0 Å². The van der Waals surface area contributed by atoms with Crippen LogP contribution in [0.4, 0.5) is 0 Å². The van der Waals surface area contributed by atoms with Gasteiger partial charge in [0.15, 0.2) is 0 Å². The van der Waals surface area contributed by atoms with Crippen molar-refractivity contribution in [2.75, 3.05) is 0 Å². The highest BCUT2D eigenvalue weighted by atomic mass is 16.3. The highest BCUT2D eigenvalue weighted by Gasteiger charge is 2.13. The lowest BCUT2D eigenvalue weighted by atomic mass is 10.1. The fourth-order valence-electron chi connectivity index (χ4n) is 1.56. The molecule has 0 amide bonds. The average Bonchev–Trinajstić information content (AvgIpc) is 2.32. The number of nitrogens with zero attached hydrogens (tertiary/aromatic N) is 3. The molecule has 1 aromatic heterocycles. The molecule has 16 heavy (non-hydrogen) atoms. The Labute approximate surface area is 91.8 Å². The van der Waals surface area contributed by atoms with E-state index in [0.29, 0.717) is 10.4 Å². The van der Waals surface area contributed by atoms with Gasteiger partial charge < -0.3 is 0 Å². The van der Waals surface area contributed by atoms with E-state index in [1.807, 2.05) is 30.3 Å². The van der Waals surface area contributed by atoms with E-state index in [9.17, 15) is 9.70 Å². The first kappa shape index (κ1) is 10.4. The van der Waals surface area contributed by atoms with Crippen molar-refractivity contribution in [3.05, 3.63) is 51.7 Å². The highest BCUT2D eigenvalue weighted by molar-refractivity contribution is 5.57. The minimum atomic E-state index is -0.327. The van der Waals surface area contributed by atoms with Gasteiger partial charge in [-0.15, -0.1) is 0 Å². The fourth-order valence-corrected chi connectivity index (χ4v) is 1.56. The van der Waals surface area contributed by atoms with E-state index in [1.54, 1.807) is 7.05 Å². The predicted molar refractivity (Wildman–Crippen MR) is 59.5 cm³/mol. The summed E-state index contributed by atoms with van der Waals surface area (Å²) in [6, 6.07) is 10.8. The van der Waals surface area contributed by atoms with E-state index in [1.165, 1.54) is 17.8 Å². The second-order valence-corrected chi connectivity index (χ2v) is 3.53. The molecule has 5 heteroatoms. The molecule has 0 atom stereocenters. The first-order chi connectivity index (χ1) is 7.61. The molecule has 0 fully saturated rings. The van der Waals surface area contributed by atoms with Gasteiger partial charge in [0, 0.05) is 11.6 Å². The normalized spacial score (nSPS) is 10.4. The van der Waals surface area contributed by atoms with E-state index in [-0.39, 0.29) is 5.56 Å². The molecule has 2 aromatic rings. The molecule has 0 aliphatic carbocycles. The maximum absolute atomic E-state index is 11.6. The van der Waals surface area contributed by atoms with Crippen LogP contribution < -0.4 is 10.2 Å². The van der Waals surface area contributed by atoms with Gasteiger partial charge in [0.05, 0.1) is 19.0 Å². The molecule has 0 saturated heterocycles. The Morgan fingerprint density at radius 1 is 1.06 bits per heavy atom. The maximum atomic E-state index is 11.6. The maximum Gasteiger partial charge on any atom is 0.310 e. The summed E-state index contributed by atoms with van der Waals surface area (Å²) in [6.07, 6.45) is 0. The van der Waals surface area contributed by atoms with E-state index in [4.69, 9.17) is 0 Å². The summed E-state index contributed by atoms with van der Waals surface area (Å²) in [4.78, 5) is 23.1. The zero-order valence-corrected chi connectivity index (χ0v) is 9.12. The van der Waals surface area contributed by atoms with Crippen molar-refractivity contribution in [2.45, 2.75) is 0 Å². The molecule has 82 valence electrons. The quantitative estimate of drug-likeness (QED) is 0.647. The summed E-state index contributed by atoms with van der Waals surface area (Å²) >= 11 is 0. The van der Waals surface area contributed by atoms with E-state index in [0.717, 1.165) is 10.2 Å². The lowest BCUT2D eigenvalue weighted by Crippen LogP contribution is -2.46.